The van der Waals surface area contributed by atoms with E-state index in [0.717, 1.165) is 0 Å². The second-order valence-electron chi connectivity index (χ2n) is 12.2. The smallest absolute Gasteiger partial charge is 0.313 e. The van der Waals surface area contributed by atoms with Crippen molar-refractivity contribution in [3.05, 3.63) is 60.2 Å². The number of esters is 1. The number of amides is 3. The maximum Gasteiger partial charge on any atom is 0.313 e. The van der Waals surface area contributed by atoms with Crippen LogP contribution in [0.5, 0.6) is 0 Å². The number of methoxy groups -OCH3 is 1. The van der Waals surface area contributed by atoms with Crippen molar-refractivity contribution in [1.82, 2.24) is 15.1 Å². The van der Waals surface area contributed by atoms with Gasteiger partial charge >= 0.3 is 5.97 Å². The van der Waals surface area contributed by atoms with Gasteiger partial charge in [-0.15, -0.1) is 0 Å². The number of allylic oxidation sites excluding steroid dienone is 1. The summed E-state index contributed by atoms with van der Waals surface area (Å²) in [6.07, 6.45) is 6.94. The van der Waals surface area contributed by atoms with E-state index in [1.54, 1.807) is 28.0 Å². The van der Waals surface area contributed by atoms with Crippen molar-refractivity contribution >= 4 is 23.7 Å². The first-order chi connectivity index (χ1) is 21.2. The highest BCUT2D eigenvalue weighted by Crippen LogP contribution is 2.53. The average Bonchev–Trinajstić information content (AvgIpc) is 3.38. The van der Waals surface area contributed by atoms with Crippen molar-refractivity contribution in [1.29, 1.82) is 0 Å². The third-order valence-electron chi connectivity index (χ3n) is 9.02. The second kappa shape index (κ2) is 13.6. The number of cyclic esters (lactones) is 1. The number of fused-ring (bicyclic) bond motifs is 2. The minimum atomic E-state index is -1.39. The lowest BCUT2D eigenvalue weighted by atomic mass is 9.77. The third kappa shape index (κ3) is 5.92. The van der Waals surface area contributed by atoms with Gasteiger partial charge in [0, 0.05) is 39.3 Å². The molecule has 44 heavy (non-hydrogen) atoms. The van der Waals surface area contributed by atoms with Crippen molar-refractivity contribution in [2.24, 2.45) is 11.8 Å². The molecule has 0 aliphatic carbocycles. The lowest BCUT2D eigenvalue weighted by Gasteiger charge is -2.36. The van der Waals surface area contributed by atoms with Crippen LogP contribution in [0.15, 0.2) is 54.6 Å². The van der Waals surface area contributed by atoms with Gasteiger partial charge in [-0.25, -0.2) is 0 Å². The van der Waals surface area contributed by atoms with E-state index in [1.165, 1.54) is 7.11 Å². The molecule has 0 unspecified atom stereocenters. The van der Waals surface area contributed by atoms with Gasteiger partial charge in [0.2, 0.25) is 17.7 Å². The summed E-state index contributed by atoms with van der Waals surface area (Å²) in [5.74, 6) is -3.51. The molecule has 4 heterocycles. The SMILES string of the molecule is COC[C@@H]1NC(=O)CC/C=C\[C@@H]2O[C@@]34C=CCN(C(C)C)C(=O)[C@@H]3N(CCCCO)C(=O)[C@H]4[C@@H]2C(=O)O[C@H]1c1ccccc1. The largest absolute Gasteiger partial charge is 0.455 e. The van der Waals surface area contributed by atoms with Crippen LogP contribution in [0.3, 0.4) is 0 Å². The first-order valence-electron chi connectivity index (χ1n) is 15.5. The van der Waals surface area contributed by atoms with Gasteiger partial charge in [0.05, 0.1) is 24.7 Å². The summed E-state index contributed by atoms with van der Waals surface area (Å²) >= 11 is 0. The number of likely N-dealkylation sites (tertiary alicyclic amines) is 1. The Hall–Kier alpha value is -3.54. The molecule has 3 amide bonds. The summed E-state index contributed by atoms with van der Waals surface area (Å²) in [6.45, 7) is 4.49. The Morgan fingerprint density at radius 2 is 1.86 bits per heavy atom. The second-order valence-corrected chi connectivity index (χ2v) is 12.2. The molecule has 1 spiro atoms. The molecule has 0 saturated carbocycles. The topological polar surface area (TPSA) is 135 Å². The van der Waals surface area contributed by atoms with E-state index in [4.69, 9.17) is 14.2 Å². The molecule has 2 fully saturated rings. The number of ether oxygens (including phenoxy) is 3. The molecular formula is C33H43N3O8. The van der Waals surface area contributed by atoms with Crippen LogP contribution < -0.4 is 5.32 Å². The molecule has 0 aromatic heterocycles. The Bertz CT molecular complexity index is 1280. The minimum absolute atomic E-state index is 0.0361. The zero-order chi connectivity index (χ0) is 31.4. The van der Waals surface area contributed by atoms with Gasteiger partial charge in [-0.2, -0.15) is 0 Å². The summed E-state index contributed by atoms with van der Waals surface area (Å²) in [4.78, 5) is 59.1. The first-order valence-corrected chi connectivity index (χ1v) is 15.5. The zero-order valence-corrected chi connectivity index (χ0v) is 25.6. The van der Waals surface area contributed by atoms with Gasteiger partial charge in [-0.3, -0.25) is 19.2 Å². The van der Waals surface area contributed by atoms with Crippen LogP contribution in [-0.4, -0.2) is 102 Å². The number of carbonyl (C=O) groups is 4. The summed E-state index contributed by atoms with van der Waals surface area (Å²) in [5.41, 5.74) is -0.725. The average molecular weight is 610 g/mol. The number of nitrogens with zero attached hydrogens (tertiary/aromatic N) is 2. The van der Waals surface area contributed by atoms with E-state index in [-0.39, 0.29) is 49.9 Å². The fraction of sp³-hybridized carbons (Fsp3) is 0.576. The first kappa shape index (κ1) is 31.9. The Morgan fingerprint density at radius 3 is 2.57 bits per heavy atom. The fourth-order valence-electron chi connectivity index (χ4n) is 7.01. The number of aliphatic hydroxyl groups excluding tert-OH is 1. The molecule has 5 rings (SSSR count). The molecule has 0 bridgehead atoms. The van der Waals surface area contributed by atoms with Gasteiger partial charge in [0.15, 0.2) is 0 Å². The Balaban J connectivity index is 1.60. The van der Waals surface area contributed by atoms with E-state index in [2.05, 4.69) is 5.32 Å². The Labute approximate surface area is 258 Å². The van der Waals surface area contributed by atoms with Crippen LogP contribution >= 0.6 is 0 Å². The van der Waals surface area contributed by atoms with Crippen LogP contribution in [0.25, 0.3) is 0 Å². The van der Waals surface area contributed by atoms with E-state index in [1.807, 2.05) is 50.3 Å². The van der Waals surface area contributed by atoms with Crippen LogP contribution in [0.1, 0.15) is 51.2 Å². The molecule has 2 N–H and O–H groups in total. The van der Waals surface area contributed by atoms with E-state index in [9.17, 15) is 24.3 Å². The number of nitrogens with one attached hydrogen (secondary N) is 1. The quantitative estimate of drug-likeness (QED) is 0.259. The van der Waals surface area contributed by atoms with Crippen molar-refractivity contribution in [3.8, 4) is 0 Å². The molecule has 11 nitrogen and oxygen atoms in total. The number of rotatable bonds is 8. The van der Waals surface area contributed by atoms with Crippen molar-refractivity contribution in [3.63, 3.8) is 0 Å². The molecule has 0 radical (unpaired) electrons. The predicted molar refractivity (Wildman–Crippen MR) is 160 cm³/mol. The standard InChI is InChI=1S/C33H43N3O8/c1-21(2)35-18-11-16-33-27(30(39)36(17-9-10-19-37)29(33)31(35)40)26-24(44-33)14-7-8-15-25(38)34-23(20-42-3)28(43-32(26)41)22-12-5-4-6-13-22/h4-7,11-14,16,21,23-24,26-29,37H,8-10,15,17-20H2,1-3H3,(H,34,38)/b14-7-/t23-,24-,26+,27+,28-,29-,33+/m0/s1. The number of hydrogen-bond donors (Lipinski definition) is 2. The van der Waals surface area contributed by atoms with Crippen molar-refractivity contribution in [2.45, 2.75) is 75.5 Å². The number of benzene rings is 1. The summed E-state index contributed by atoms with van der Waals surface area (Å²) in [5, 5.41) is 12.4. The molecule has 7 atom stereocenters. The molecule has 4 aliphatic heterocycles. The fourth-order valence-corrected chi connectivity index (χ4v) is 7.01. The summed E-state index contributed by atoms with van der Waals surface area (Å²) < 4.78 is 18.4. The van der Waals surface area contributed by atoms with Gasteiger partial charge in [0.1, 0.15) is 23.7 Å². The maximum atomic E-state index is 14.4. The monoisotopic (exact) mass is 609 g/mol. The number of hydrogen-bond acceptors (Lipinski definition) is 8. The van der Waals surface area contributed by atoms with Crippen LogP contribution in [0, 0.1) is 11.8 Å². The summed E-state index contributed by atoms with van der Waals surface area (Å²) in [6, 6.07) is 7.34. The van der Waals surface area contributed by atoms with Crippen molar-refractivity contribution in [2.75, 3.05) is 33.4 Å². The molecule has 11 heteroatoms. The lowest BCUT2D eigenvalue weighted by molar-refractivity contribution is -0.162. The molecule has 238 valence electrons. The van der Waals surface area contributed by atoms with Gasteiger partial charge in [0.25, 0.3) is 0 Å². The summed E-state index contributed by atoms with van der Waals surface area (Å²) in [7, 11) is 1.51. The molecule has 4 aliphatic rings. The van der Waals surface area contributed by atoms with Crippen LogP contribution in [-0.2, 0) is 33.4 Å². The van der Waals surface area contributed by atoms with Gasteiger partial charge in [-0.1, -0.05) is 54.6 Å². The molecule has 2 saturated heterocycles. The highest BCUT2D eigenvalue weighted by Gasteiger charge is 2.71. The highest BCUT2D eigenvalue weighted by atomic mass is 16.6. The Morgan fingerprint density at radius 1 is 1.09 bits per heavy atom. The van der Waals surface area contributed by atoms with Gasteiger partial charge in [-0.05, 0) is 38.7 Å². The van der Waals surface area contributed by atoms with Crippen LogP contribution in [0.2, 0.25) is 0 Å². The van der Waals surface area contributed by atoms with E-state index in [0.29, 0.717) is 31.4 Å². The van der Waals surface area contributed by atoms with Crippen LogP contribution in [0.4, 0.5) is 0 Å². The van der Waals surface area contributed by atoms with E-state index < -0.39 is 47.7 Å². The third-order valence-corrected chi connectivity index (χ3v) is 9.02. The maximum absolute atomic E-state index is 14.4. The minimum Gasteiger partial charge on any atom is -0.455 e. The van der Waals surface area contributed by atoms with E-state index >= 15 is 0 Å². The Kier molecular flexibility index (Phi) is 9.87. The zero-order valence-electron chi connectivity index (χ0n) is 25.6. The molecule has 1 aromatic carbocycles. The number of aliphatic hydroxyl groups is 1. The lowest BCUT2D eigenvalue weighted by Crippen LogP contribution is -2.56. The number of unbranched alkanes of at least 4 members (excludes halogenated alkanes) is 1. The number of carbonyl (C=O) groups excluding carboxylic acids is 4. The highest BCUT2D eigenvalue weighted by molar-refractivity contribution is 5.99. The normalized spacial score (nSPS) is 33.1. The molecular weight excluding hydrogens is 566 g/mol. The molecule has 1 aromatic rings. The van der Waals surface area contributed by atoms with Crippen molar-refractivity contribution < 1.29 is 38.5 Å². The van der Waals surface area contributed by atoms with Gasteiger partial charge < -0.3 is 34.4 Å². The predicted octanol–water partition coefficient (Wildman–Crippen LogP) is 1.91.